The van der Waals surface area contributed by atoms with Gasteiger partial charge in [-0.2, -0.15) is 0 Å². The molecule has 2 N–H and O–H groups in total. The summed E-state index contributed by atoms with van der Waals surface area (Å²) in [6, 6.07) is 4.27. The molecular weight excluding hydrogens is 307 g/mol. The van der Waals surface area contributed by atoms with Crippen molar-refractivity contribution in [3.63, 3.8) is 0 Å². The topological polar surface area (TPSA) is 69.6 Å². The lowest BCUT2D eigenvalue weighted by molar-refractivity contribution is -0.141. The molecule has 0 aromatic heterocycles. The van der Waals surface area contributed by atoms with Crippen LogP contribution < -0.4 is 5.32 Å². The minimum atomic E-state index is -0.943. The summed E-state index contributed by atoms with van der Waals surface area (Å²) < 4.78 is 13.8. The highest BCUT2D eigenvalue weighted by atomic mass is 32.2. The number of rotatable bonds is 4. The number of thioether (sulfide) groups is 1. The third kappa shape index (κ3) is 3.71. The molecule has 1 aromatic rings. The average molecular weight is 326 g/mol. The maximum Gasteiger partial charge on any atom is 0.317 e. The van der Waals surface area contributed by atoms with Crippen molar-refractivity contribution in [1.82, 2.24) is 10.2 Å². The first kappa shape index (κ1) is 16.6. The summed E-state index contributed by atoms with van der Waals surface area (Å²) in [5.74, 6) is -1.12. The number of fused-ring (bicyclic) bond motifs is 1. The first-order valence-electron chi connectivity index (χ1n) is 7.05. The van der Waals surface area contributed by atoms with Crippen molar-refractivity contribution >= 4 is 23.8 Å². The minimum Gasteiger partial charge on any atom is -0.481 e. The number of halogens is 1. The maximum atomic E-state index is 13.8. The highest BCUT2D eigenvalue weighted by Crippen LogP contribution is 2.37. The molecule has 0 aliphatic carbocycles. The molecule has 2 rings (SSSR count). The standard InChI is InChI=1S/C15H19FN2O3S/c1-9(14(19)20)8-18(2)15(21)17-12-6-7-22-13-10(12)4-3-5-11(13)16/h3-5,9,12H,6-8H2,1-2H3,(H,17,21)(H,19,20). The summed E-state index contributed by atoms with van der Waals surface area (Å²) in [5.41, 5.74) is 0.782. The van der Waals surface area contributed by atoms with E-state index in [1.807, 2.05) is 6.07 Å². The normalized spacial score (nSPS) is 18.2. The molecule has 2 amide bonds. The van der Waals surface area contributed by atoms with E-state index in [2.05, 4.69) is 5.32 Å². The van der Waals surface area contributed by atoms with E-state index in [4.69, 9.17) is 5.11 Å². The first-order chi connectivity index (χ1) is 10.4. The van der Waals surface area contributed by atoms with E-state index in [-0.39, 0.29) is 24.4 Å². The molecule has 0 saturated heterocycles. The Bertz CT molecular complexity index is 582. The van der Waals surface area contributed by atoms with E-state index < -0.39 is 11.9 Å². The van der Waals surface area contributed by atoms with Crippen molar-refractivity contribution in [3.8, 4) is 0 Å². The lowest BCUT2D eigenvalue weighted by Crippen LogP contribution is -2.42. The van der Waals surface area contributed by atoms with Gasteiger partial charge in [-0.1, -0.05) is 19.1 Å². The maximum absolute atomic E-state index is 13.8. The van der Waals surface area contributed by atoms with Crippen molar-refractivity contribution < 1.29 is 19.1 Å². The van der Waals surface area contributed by atoms with E-state index in [1.165, 1.54) is 22.7 Å². The zero-order valence-electron chi connectivity index (χ0n) is 12.5. The van der Waals surface area contributed by atoms with Gasteiger partial charge in [0.05, 0.1) is 12.0 Å². The number of carbonyl (C=O) groups is 2. The molecule has 1 aliphatic rings. The van der Waals surface area contributed by atoms with Crippen LogP contribution in [0.2, 0.25) is 0 Å². The quantitative estimate of drug-likeness (QED) is 0.892. The van der Waals surface area contributed by atoms with Gasteiger partial charge in [-0.15, -0.1) is 11.8 Å². The van der Waals surface area contributed by atoms with Crippen molar-refractivity contribution in [2.24, 2.45) is 5.92 Å². The first-order valence-corrected chi connectivity index (χ1v) is 8.04. The lowest BCUT2D eigenvalue weighted by Gasteiger charge is -2.28. The van der Waals surface area contributed by atoms with Gasteiger partial charge in [0.1, 0.15) is 5.82 Å². The molecule has 2 atom stereocenters. The van der Waals surface area contributed by atoms with Crippen LogP contribution in [0.4, 0.5) is 9.18 Å². The third-order valence-corrected chi connectivity index (χ3v) is 4.80. The van der Waals surface area contributed by atoms with Crippen LogP contribution in [-0.2, 0) is 4.79 Å². The fraction of sp³-hybridized carbons (Fsp3) is 0.467. The smallest absolute Gasteiger partial charge is 0.317 e. The van der Waals surface area contributed by atoms with E-state index in [1.54, 1.807) is 20.0 Å². The number of carboxylic acids is 1. The van der Waals surface area contributed by atoms with Gasteiger partial charge < -0.3 is 15.3 Å². The molecule has 7 heteroatoms. The summed E-state index contributed by atoms with van der Waals surface area (Å²) in [5, 5.41) is 11.8. The van der Waals surface area contributed by atoms with Crippen LogP contribution in [0.5, 0.6) is 0 Å². The second-order valence-corrected chi connectivity index (χ2v) is 6.52. The van der Waals surface area contributed by atoms with Crippen LogP contribution in [-0.4, -0.2) is 41.4 Å². The number of hydrogen-bond acceptors (Lipinski definition) is 3. The number of carbonyl (C=O) groups excluding carboxylic acids is 1. The van der Waals surface area contributed by atoms with Crippen molar-refractivity contribution in [2.75, 3.05) is 19.3 Å². The third-order valence-electron chi connectivity index (χ3n) is 3.64. The van der Waals surface area contributed by atoms with Crippen LogP contribution in [0.25, 0.3) is 0 Å². The van der Waals surface area contributed by atoms with Crippen molar-refractivity contribution in [2.45, 2.75) is 24.3 Å². The number of nitrogens with one attached hydrogen (secondary N) is 1. The summed E-state index contributed by atoms with van der Waals surface area (Å²) in [6.07, 6.45) is 0.717. The molecule has 2 unspecified atom stereocenters. The van der Waals surface area contributed by atoms with Gasteiger partial charge in [0.2, 0.25) is 0 Å². The second kappa shape index (κ2) is 7.00. The monoisotopic (exact) mass is 326 g/mol. The molecule has 22 heavy (non-hydrogen) atoms. The molecule has 0 saturated carbocycles. The van der Waals surface area contributed by atoms with E-state index in [0.29, 0.717) is 4.90 Å². The van der Waals surface area contributed by atoms with Gasteiger partial charge in [-0.05, 0) is 18.1 Å². The molecule has 1 aromatic carbocycles. The highest BCUT2D eigenvalue weighted by Gasteiger charge is 2.26. The fourth-order valence-electron chi connectivity index (χ4n) is 2.37. The Morgan fingerprint density at radius 2 is 2.27 bits per heavy atom. The Morgan fingerprint density at radius 1 is 1.55 bits per heavy atom. The Morgan fingerprint density at radius 3 is 2.95 bits per heavy atom. The van der Waals surface area contributed by atoms with Gasteiger partial charge in [0, 0.05) is 24.2 Å². The van der Waals surface area contributed by atoms with Gasteiger partial charge in [0.15, 0.2) is 0 Å². The van der Waals surface area contributed by atoms with Gasteiger partial charge in [-0.3, -0.25) is 4.79 Å². The predicted molar refractivity (Wildman–Crippen MR) is 82.4 cm³/mol. The Labute approximate surface area is 132 Å². The number of carboxylic acid groups (broad SMARTS) is 1. The average Bonchev–Trinajstić information content (AvgIpc) is 2.48. The van der Waals surface area contributed by atoms with E-state index >= 15 is 0 Å². The molecule has 0 spiro atoms. The number of aliphatic carboxylic acids is 1. The van der Waals surface area contributed by atoms with E-state index in [0.717, 1.165) is 17.7 Å². The Kier molecular flexibility index (Phi) is 5.28. The van der Waals surface area contributed by atoms with Gasteiger partial charge >= 0.3 is 12.0 Å². The Balaban J connectivity index is 2.04. The van der Waals surface area contributed by atoms with Crippen LogP contribution >= 0.6 is 11.8 Å². The van der Waals surface area contributed by atoms with Crippen LogP contribution in [0.1, 0.15) is 24.9 Å². The summed E-state index contributed by atoms with van der Waals surface area (Å²) in [4.78, 5) is 25.0. The number of nitrogens with zero attached hydrogens (tertiary/aromatic N) is 1. The molecule has 5 nitrogen and oxygen atoms in total. The number of urea groups is 1. The van der Waals surface area contributed by atoms with Crippen molar-refractivity contribution in [1.29, 1.82) is 0 Å². The molecule has 1 heterocycles. The second-order valence-electron chi connectivity index (χ2n) is 5.42. The SMILES string of the molecule is CC(CN(C)C(=O)NC1CCSc2c(F)cccc21)C(=O)O. The number of hydrogen-bond donors (Lipinski definition) is 2. The summed E-state index contributed by atoms with van der Waals surface area (Å²) in [7, 11) is 1.55. The minimum absolute atomic E-state index is 0.124. The molecular formula is C15H19FN2O3S. The largest absolute Gasteiger partial charge is 0.481 e. The number of benzene rings is 1. The van der Waals surface area contributed by atoms with Crippen molar-refractivity contribution in [3.05, 3.63) is 29.6 Å². The summed E-state index contributed by atoms with van der Waals surface area (Å²) >= 11 is 1.45. The van der Waals surface area contributed by atoms with Gasteiger partial charge in [0.25, 0.3) is 0 Å². The highest BCUT2D eigenvalue weighted by molar-refractivity contribution is 7.99. The van der Waals surface area contributed by atoms with E-state index in [9.17, 15) is 14.0 Å². The Hall–Kier alpha value is -1.76. The summed E-state index contributed by atoms with van der Waals surface area (Å²) in [6.45, 7) is 1.67. The molecule has 0 bridgehead atoms. The predicted octanol–water partition coefficient (Wildman–Crippen LogP) is 2.72. The zero-order chi connectivity index (χ0) is 16.3. The van der Waals surface area contributed by atoms with Gasteiger partial charge in [-0.25, -0.2) is 9.18 Å². The molecule has 0 fully saturated rings. The van der Waals surface area contributed by atoms with Crippen LogP contribution in [0.3, 0.4) is 0 Å². The molecule has 1 aliphatic heterocycles. The lowest BCUT2D eigenvalue weighted by atomic mass is 10.0. The zero-order valence-corrected chi connectivity index (χ0v) is 13.3. The van der Waals surface area contributed by atoms with Crippen LogP contribution in [0.15, 0.2) is 23.1 Å². The fourth-order valence-corrected chi connectivity index (χ4v) is 3.51. The molecule has 0 radical (unpaired) electrons. The van der Waals surface area contributed by atoms with Crippen LogP contribution in [0, 0.1) is 11.7 Å². The number of amides is 2. The molecule has 120 valence electrons.